The minimum absolute atomic E-state index is 0.0807. The zero-order valence-corrected chi connectivity index (χ0v) is 16.3. The van der Waals surface area contributed by atoms with Crippen LogP contribution in [0.4, 0.5) is 0 Å². The number of ketones is 1. The Hall–Kier alpha value is -2.40. The molecular formula is C21H23N3OS. The molecule has 5 heteroatoms. The molecule has 0 aliphatic carbocycles. The minimum atomic E-state index is -0.361. The van der Waals surface area contributed by atoms with Crippen molar-refractivity contribution in [3.8, 4) is 0 Å². The van der Waals surface area contributed by atoms with Gasteiger partial charge in [0.2, 0.25) is 0 Å². The van der Waals surface area contributed by atoms with E-state index in [0.29, 0.717) is 5.56 Å². The molecule has 134 valence electrons. The standard InChI is InChI=1S/C21H23N3OS/c1-14(2)24-13-22-23-21(24)26-20(18-11-7-16(4)8-12-18)19(25)17-9-5-15(3)6-10-17/h5-14,20H,1-4H3/t20-/m1/s1. The number of aromatic nitrogens is 3. The number of carbonyl (C=O) groups excluding carboxylic acids is 1. The molecule has 1 atom stereocenters. The first-order valence-corrected chi connectivity index (χ1v) is 9.57. The first-order chi connectivity index (χ1) is 12.5. The number of benzene rings is 2. The van der Waals surface area contributed by atoms with E-state index >= 15 is 0 Å². The van der Waals surface area contributed by atoms with Crippen LogP contribution in [0.5, 0.6) is 0 Å². The molecule has 0 N–H and O–H groups in total. The van der Waals surface area contributed by atoms with Crippen molar-refractivity contribution in [1.82, 2.24) is 14.8 Å². The Kier molecular flexibility index (Phi) is 5.57. The van der Waals surface area contributed by atoms with Crippen LogP contribution in [0.2, 0.25) is 0 Å². The average molecular weight is 366 g/mol. The molecule has 0 radical (unpaired) electrons. The second-order valence-corrected chi connectivity index (χ2v) is 7.83. The van der Waals surface area contributed by atoms with Crippen molar-refractivity contribution in [3.63, 3.8) is 0 Å². The van der Waals surface area contributed by atoms with Crippen molar-refractivity contribution in [2.45, 2.75) is 44.1 Å². The monoisotopic (exact) mass is 365 g/mol. The van der Waals surface area contributed by atoms with Crippen molar-refractivity contribution in [1.29, 1.82) is 0 Å². The van der Waals surface area contributed by atoms with E-state index < -0.39 is 0 Å². The Morgan fingerprint density at radius 2 is 1.54 bits per heavy atom. The molecule has 0 aliphatic rings. The first-order valence-electron chi connectivity index (χ1n) is 8.69. The normalized spacial score (nSPS) is 12.3. The number of nitrogens with zero attached hydrogens (tertiary/aromatic N) is 3. The summed E-state index contributed by atoms with van der Waals surface area (Å²) in [5, 5.41) is 8.66. The summed E-state index contributed by atoms with van der Waals surface area (Å²) in [6.07, 6.45) is 1.72. The SMILES string of the molecule is Cc1ccc(C(=O)[C@H](Sc2nncn2C(C)C)c2ccc(C)cc2)cc1. The third kappa shape index (κ3) is 4.05. The molecule has 3 rings (SSSR count). The van der Waals surface area contributed by atoms with Gasteiger partial charge in [0, 0.05) is 11.6 Å². The number of aryl methyl sites for hydroxylation is 2. The zero-order chi connectivity index (χ0) is 18.7. The van der Waals surface area contributed by atoms with Crippen LogP contribution in [0.3, 0.4) is 0 Å². The van der Waals surface area contributed by atoms with E-state index in [-0.39, 0.29) is 17.1 Å². The van der Waals surface area contributed by atoms with Gasteiger partial charge in [0.15, 0.2) is 10.9 Å². The fourth-order valence-corrected chi connectivity index (χ4v) is 3.88. The number of hydrogen-bond acceptors (Lipinski definition) is 4. The number of hydrogen-bond donors (Lipinski definition) is 0. The van der Waals surface area contributed by atoms with Crippen LogP contribution in [0.1, 0.15) is 52.2 Å². The Morgan fingerprint density at radius 1 is 0.962 bits per heavy atom. The first kappa shape index (κ1) is 18.4. The maximum Gasteiger partial charge on any atom is 0.192 e. The molecule has 1 aromatic heterocycles. The number of carbonyl (C=O) groups is 1. The van der Waals surface area contributed by atoms with E-state index in [2.05, 4.69) is 24.0 Å². The molecule has 0 unspecified atom stereocenters. The highest BCUT2D eigenvalue weighted by molar-refractivity contribution is 8.00. The summed E-state index contributed by atoms with van der Waals surface area (Å²) in [5.41, 5.74) is 4.00. The summed E-state index contributed by atoms with van der Waals surface area (Å²) in [4.78, 5) is 13.3. The lowest BCUT2D eigenvalue weighted by atomic mass is 10.0. The number of Topliss-reactive ketones (excluding diaryl/α,β-unsaturated/α-hetero) is 1. The summed E-state index contributed by atoms with van der Waals surface area (Å²) in [6, 6.07) is 16.1. The van der Waals surface area contributed by atoms with E-state index in [1.165, 1.54) is 17.3 Å². The number of rotatable bonds is 6. The molecule has 26 heavy (non-hydrogen) atoms. The smallest absolute Gasteiger partial charge is 0.192 e. The van der Waals surface area contributed by atoms with Crippen LogP contribution >= 0.6 is 11.8 Å². The van der Waals surface area contributed by atoms with Gasteiger partial charge in [-0.05, 0) is 33.3 Å². The quantitative estimate of drug-likeness (QED) is 0.445. The Bertz CT molecular complexity index is 882. The molecule has 0 amide bonds. The topological polar surface area (TPSA) is 47.8 Å². The van der Waals surface area contributed by atoms with Crippen LogP contribution < -0.4 is 0 Å². The summed E-state index contributed by atoms with van der Waals surface area (Å²) >= 11 is 1.46. The van der Waals surface area contributed by atoms with E-state index in [1.54, 1.807) is 6.33 Å². The fraction of sp³-hybridized carbons (Fsp3) is 0.286. The average Bonchev–Trinajstić information content (AvgIpc) is 3.09. The molecule has 4 nitrogen and oxygen atoms in total. The molecule has 0 saturated carbocycles. The van der Waals surface area contributed by atoms with Crippen LogP contribution in [0.15, 0.2) is 60.0 Å². The Morgan fingerprint density at radius 3 is 2.12 bits per heavy atom. The van der Waals surface area contributed by atoms with Gasteiger partial charge in [-0.25, -0.2) is 0 Å². The molecular weight excluding hydrogens is 342 g/mol. The molecule has 3 aromatic rings. The lowest BCUT2D eigenvalue weighted by Gasteiger charge is -2.17. The van der Waals surface area contributed by atoms with E-state index in [1.807, 2.05) is 66.9 Å². The largest absolute Gasteiger partial charge is 0.306 e. The van der Waals surface area contributed by atoms with Gasteiger partial charge in [-0.15, -0.1) is 10.2 Å². The predicted molar refractivity (Wildman–Crippen MR) is 106 cm³/mol. The van der Waals surface area contributed by atoms with Crippen LogP contribution in [-0.4, -0.2) is 20.5 Å². The van der Waals surface area contributed by atoms with Crippen molar-refractivity contribution in [2.75, 3.05) is 0 Å². The molecule has 0 bridgehead atoms. The van der Waals surface area contributed by atoms with Gasteiger partial charge in [0.05, 0.1) is 0 Å². The molecule has 0 aliphatic heterocycles. The Labute approximate surface area is 158 Å². The highest BCUT2D eigenvalue weighted by Crippen LogP contribution is 2.37. The summed E-state index contributed by atoms with van der Waals surface area (Å²) in [6.45, 7) is 8.22. The third-order valence-corrected chi connectivity index (χ3v) is 5.50. The van der Waals surface area contributed by atoms with E-state index in [9.17, 15) is 4.79 Å². The molecule has 0 spiro atoms. The maximum absolute atomic E-state index is 13.3. The molecule has 1 heterocycles. The van der Waals surface area contributed by atoms with E-state index in [4.69, 9.17) is 0 Å². The lowest BCUT2D eigenvalue weighted by molar-refractivity contribution is 0.0989. The Balaban J connectivity index is 1.98. The maximum atomic E-state index is 13.3. The van der Waals surface area contributed by atoms with Gasteiger partial charge < -0.3 is 4.57 Å². The summed E-state index contributed by atoms with van der Waals surface area (Å²) in [7, 11) is 0. The van der Waals surface area contributed by atoms with Gasteiger partial charge in [-0.3, -0.25) is 4.79 Å². The van der Waals surface area contributed by atoms with Gasteiger partial charge in [0.25, 0.3) is 0 Å². The van der Waals surface area contributed by atoms with Crippen molar-refractivity contribution < 1.29 is 4.79 Å². The van der Waals surface area contributed by atoms with Crippen LogP contribution in [0.25, 0.3) is 0 Å². The van der Waals surface area contributed by atoms with Crippen LogP contribution in [-0.2, 0) is 0 Å². The lowest BCUT2D eigenvalue weighted by Crippen LogP contribution is -2.12. The summed E-state index contributed by atoms with van der Waals surface area (Å²) in [5.74, 6) is 0.0807. The third-order valence-electron chi connectivity index (χ3n) is 4.27. The van der Waals surface area contributed by atoms with Crippen molar-refractivity contribution in [3.05, 3.63) is 77.1 Å². The van der Waals surface area contributed by atoms with E-state index in [0.717, 1.165) is 16.3 Å². The zero-order valence-electron chi connectivity index (χ0n) is 15.5. The fourth-order valence-electron chi connectivity index (χ4n) is 2.66. The second-order valence-electron chi connectivity index (χ2n) is 6.75. The van der Waals surface area contributed by atoms with Crippen molar-refractivity contribution in [2.24, 2.45) is 0 Å². The second kappa shape index (κ2) is 7.87. The summed E-state index contributed by atoms with van der Waals surface area (Å²) < 4.78 is 1.99. The van der Waals surface area contributed by atoms with Gasteiger partial charge >= 0.3 is 0 Å². The molecule has 2 aromatic carbocycles. The minimum Gasteiger partial charge on any atom is -0.306 e. The molecule has 0 saturated heterocycles. The van der Waals surface area contributed by atoms with Crippen molar-refractivity contribution >= 4 is 17.5 Å². The number of thioether (sulfide) groups is 1. The highest BCUT2D eigenvalue weighted by atomic mass is 32.2. The molecule has 0 fully saturated rings. The van der Waals surface area contributed by atoms with Crippen LogP contribution in [0, 0.1) is 13.8 Å². The van der Waals surface area contributed by atoms with Gasteiger partial charge in [-0.2, -0.15) is 0 Å². The highest BCUT2D eigenvalue weighted by Gasteiger charge is 2.26. The van der Waals surface area contributed by atoms with Gasteiger partial charge in [0.1, 0.15) is 11.6 Å². The predicted octanol–water partition coefficient (Wildman–Crippen LogP) is 5.19. The van der Waals surface area contributed by atoms with Gasteiger partial charge in [-0.1, -0.05) is 71.4 Å².